The van der Waals surface area contributed by atoms with Gasteiger partial charge in [-0.1, -0.05) is 17.7 Å². The van der Waals surface area contributed by atoms with Crippen molar-refractivity contribution < 1.29 is 9.47 Å². The molecule has 0 aromatic rings. The third-order valence-corrected chi connectivity index (χ3v) is 5.99. The minimum Gasteiger partial charge on any atom is -0.378 e. The van der Waals surface area contributed by atoms with Crippen LogP contribution in [0, 0.1) is 5.92 Å². The first-order valence-corrected chi connectivity index (χ1v) is 10.2. The number of hydrogen-bond donors (Lipinski definition) is 2. The third-order valence-electron chi connectivity index (χ3n) is 5.99. The molecule has 0 amide bonds. The summed E-state index contributed by atoms with van der Waals surface area (Å²) in [6, 6.07) is 0.297. The van der Waals surface area contributed by atoms with Crippen LogP contribution in [0.4, 0.5) is 0 Å². The van der Waals surface area contributed by atoms with Gasteiger partial charge in [0.15, 0.2) is 0 Å². The summed E-state index contributed by atoms with van der Waals surface area (Å²) in [5.74, 6) is 0.726. The monoisotopic (exact) mass is 348 g/mol. The molecule has 0 aromatic carbocycles. The Morgan fingerprint density at radius 3 is 2.40 bits per heavy atom. The van der Waals surface area contributed by atoms with Crippen LogP contribution in [-0.2, 0) is 9.47 Å². The standard InChI is InChI=1S/C21H36N2O2/c1-15-2-4-16(5-3-15)13-24-20-6-8-21(9-7-20)25-14-17-10-18(22)12-19(23)11-17/h2,10,16,18-21H,3-9,11-14,22-23H2,1H3. The van der Waals surface area contributed by atoms with Gasteiger partial charge >= 0.3 is 0 Å². The number of rotatable bonds is 6. The Kier molecular flexibility index (Phi) is 7.11. The Hall–Kier alpha value is -0.680. The summed E-state index contributed by atoms with van der Waals surface area (Å²) in [4.78, 5) is 0. The topological polar surface area (TPSA) is 70.5 Å². The molecule has 1 fully saturated rings. The van der Waals surface area contributed by atoms with Crippen LogP contribution in [0.15, 0.2) is 23.3 Å². The van der Waals surface area contributed by atoms with Crippen LogP contribution in [0.25, 0.3) is 0 Å². The second kappa shape index (κ2) is 9.31. The molecular weight excluding hydrogens is 312 g/mol. The highest BCUT2D eigenvalue weighted by molar-refractivity contribution is 5.13. The van der Waals surface area contributed by atoms with Crippen LogP contribution in [0.3, 0.4) is 0 Å². The molecule has 0 spiro atoms. The van der Waals surface area contributed by atoms with Crippen LogP contribution in [0.5, 0.6) is 0 Å². The summed E-state index contributed by atoms with van der Waals surface area (Å²) >= 11 is 0. The summed E-state index contributed by atoms with van der Waals surface area (Å²) in [5, 5.41) is 0. The van der Waals surface area contributed by atoms with Gasteiger partial charge in [-0.2, -0.15) is 0 Å². The fourth-order valence-corrected chi connectivity index (χ4v) is 4.35. The summed E-state index contributed by atoms with van der Waals surface area (Å²) < 4.78 is 12.3. The molecule has 0 aliphatic heterocycles. The average Bonchev–Trinajstić information content (AvgIpc) is 2.60. The van der Waals surface area contributed by atoms with Crippen LogP contribution < -0.4 is 11.5 Å². The van der Waals surface area contributed by atoms with Crippen molar-refractivity contribution in [2.75, 3.05) is 13.2 Å². The Labute approximate surface area is 153 Å². The molecule has 4 nitrogen and oxygen atoms in total. The van der Waals surface area contributed by atoms with E-state index in [1.807, 2.05) is 0 Å². The molecule has 3 aliphatic carbocycles. The van der Waals surface area contributed by atoms with Gasteiger partial charge in [0.1, 0.15) is 0 Å². The van der Waals surface area contributed by atoms with Gasteiger partial charge in [-0.3, -0.25) is 0 Å². The van der Waals surface area contributed by atoms with E-state index in [9.17, 15) is 0 Å². The van der Waals surface area contributed by atoms with E-state index >= 15 is 0 Å². The molecule has 4 heteroatoms. The first-order valence-electron chi connectivity index (χ1n) is 10.2. The molecule has 0 aromatic heterocycles. The van der Waals surface area contributed by atoms with Gasteiger partial charge in [-0.25, -0.2) is 0 Å². The predicted molar refractivity (Wildman–Crippen MR) is 102 cm³/mol. The van der Waals surface area contributed by atoms with Gasteiger partial charge in [0.2, 0.25) is 0 Å². The maximum atomic E-state index is 6.20. The average molecular weight is 349 g/mol. The van der Waals surface area contributed by atoms with Crippen LogP contribution >= 0.6 is 0 Å². The Morgan fingerprint density at radius 1 is 1.04 bits per heavy atom. The fourth-order valence-electron chi connectivity index (χ4n) is 4.35. The van der Waals surface area contributed by atoms with Crippen molar-refractivity contribution in [1.29, 1.82) is 0 Å². The second-order valence-corrected chi connectivity index (χ2v) is 8.42. The van der Waals surface area contributed by atoms with E-state index in [2.05, 4.69) is 19.1 Å². The smallest absolute Gasteiger partial charge is 0.0681 e. The van der Waals surface area contributed by atoms with Crippen molar-refractivity contribution in [2.24, 2.45) is 17.4 Å². The molecular formula is C21H36N2O2. The first-order chi connectivity index (χ1) is 12.1. The van der Waals surface area contributed by atoms with Gasteiger partial charge in [0.05, 0.1) is 25.4 Å². The first kappa shape index (κ1) is 19.1. The molecule has 3 aliphatic rings. The van der Waals surface area contributed by atoms with Gasteiger partial charge in [-0.15, -0.1) is 0 Å². The number of allylic oxidation sites excluding steroid dienone is 2. The summed E-state index contributed by atoms with van der Waals surface area (Å²) in [6.07, 6.45) is 15.4. The minimum absolute atomic E-state index is 0.102. The van der Waals surface area contributed by atoms with E-state index in [1.54, 1.807) is 5.57 Å². The molecule has 1 saturated carbocycles. The molecule has 142 valence electrons. The third kappa shape index (κ3) is 6.21. The van der Waals surface area contributed by atoms with Crippen molar-refractivity contribution in [3.05, 3.63) is 23.3 Å². The summed E-state index contributed by atoms with van der Waals surface area (Å²) in [7, 11) is 0. The van der Waals surface area contributed by atoms with Crippen molar-refractivity contribution in [3.8, 4) is 0 Å². The van der Waals surface area contributed by atoms with Crippen molar-refractivity contribution in [1.82, 2.24) is 0 Å². The molecule has 0 bridgehead atoms. The maximum Gasteiger partial charge on any atom is 0.0681 e. The zero-order valence-corrected chi connectivity index (χ0v) is 15.8. The normalized spacial score (nSPS) is 36.7. The quantitative estimate of drug-likeness (QED) is 0.721. The SMILES string of the molecule is CC1=CCC(COC2CCC(OCC3=CC(N)CC(N)C3)CC2)CC1. The van der Waals surface area contributed by atoms with Crippen LogP contribution in [0.2, 0.25) is 0 Å². The van der Waals surface area contributed by atoms with E-state index in [0.717, 1.165) is 51.0 Å². The lowest BCUT2D eigenvalue weighted by atomic mass is 9.90. The summed E-state index contributed by atoms with van der Waals surface area (Å²) in [5.41, 5.74) is 14.9. The predicted octanol–water partition coefficient (Wildman–Crippen LogP) is 3.45. The van der Waals surface area contributed by atoms with Crippen LogP contribution in [0.1, 0.15) is 64.7 Å². The van der Waals surface area contributed by atoms with E-state index in [1.165, 1.54) is 24.8 Å². The van der Waals surface area contributed by atoms with E-state index in [4.69, 9.17) is 20.9 Å². The number of ether oxygens (including phenoxy) is 2. The zero-order valence-electron chi connectivity index (χ0n) is 15.8. The highest BCUT2D eigenvalue weighted by Crippen LogP contribution is 2.28. The Bertz CT molecular complexity index is 480. The number of nitrogens with two attached hydrogens (primary N) is 2. The molecule has 3 unspecified atom stereocenters. The lowest BCUT2D eigenvalue weighted by molar-refractivity contribution is -0.0366. The molecule has 25 heavy (non-hydrogen) atoms. The highest BCUT2D eigenvalue weighted by atomic mass is 16.5. The summed E-state index contributed by atoms with van der Waals surface area (Å²) in [6.45, 7) is 3.87. The Morgan fingerprint density at radius 2 is 1.76 bits per heavy atom. The van der Waals surface area contributed by atoms with Gasteiger partial charge in [0.25, 0.3) is 0 Å². The van der Waals surface area contributed by atoms with Gasteiger partial charge in [-0.05, 0) is 76.2 Å². The molecule has 3 rings (SSSR count). The van der Waals surface area contributed by atoms with E-state index in [0.29, 0.717) is 18.8 Å². The zero-order chi connectivity index (χ0) is 17.6. The largest absolute Gasteiger partial charge is 0.378 e. The molecule has 0 saturated heterocycles. The van der Waals surface area contributed by atoms with Crippen LogP contribution in [-0.4, -0.2) is 37.5 Å². The number of hydrogen-bond acceptors (Lipinski definition) is 4. The maximum absolute atomic E-state index is 6.20. The lowest BCUT2D eigenvalue weighted by Crippen LogP contribution is -2.35. The second-order valence-electron chi connectivity index (χ2n) is 8.42. The molecule has 3 atom stereocenters. The van der Waals surface area contributed by atoms with Crippen molar-refractivity contribution >= 4 is 0 Å². The Balaban J connectivity index is 1.31. The van der Waals surface area contributed by atoms with Crippen molar-refractivity contribution in [3.63, 3.8) is 0 Å². The van der Waals surface area contributed by atoms with Crippen molar-refractivity contribution in [2.45, 2.75) is 89.0 Å². The molecule has 4 N–H and O–H groups in total. The molecule has 0 heterocycles. The highest BCUT2D eigenvalue weighted by Gasteiger charge is 2.24. The molecule has 0 radical (unpaired) electrons. The minimum atomic E-state index is 0.102. The van der Waals surface area contributed by atoms with E-state index < -0.39 is 0 Å². The fraction of sp³-hybridized carbons (Fsp3) is 0.810. The van der Waals surface area contributed by atoms with Gasteiger partial charge < -0.3 is 20.9 Å². The van der Waals surface area contributed by atoms with E-state index in [-0.39, 0.29) is 12.1 Å². The van der Waals surface area contributed by atoms with Gasteiger partial charge in [0, 0.05) is 12.1 Å². The lowest BCUT2D eigenvalue weighted by Gasteiger charge is -2.31.